The molecule has 0 bridgehead atoms. The van der Waals surface area contributed by atoms with E-state index in [4.69, 9.17) is 5.73 Å². The van der Waals surface area contributed by atoms with Crippen LogP contribution in [0.15, 0.2) is 18.5 Å². The van der Waals surface area contributed by atoms with Crippen LogP contribution in [-0.4, -0.2) is 11.2 Å². The van der Waals surface area contributed by atoms with Gasteiger partial charge in [-0.3, -0.25) is 4.98 Å². The fraction of sp³-hybridized carbons (Fsp3) is 0.286. The lowest BCUT2D eigenvalue weighted by molar-refractivity contribution is -0.149. The first kappa shape index (κ1) is 9.91. The van der Waals surface area contributed by atoms with E-state index in [1.165, 1.54) is 0 Å². The van der Waals surface area contributed by atoms with E-state index in [2.05, 4.69) is 4.98 Å². The van der Waals surface area contributed by atoms with Crippen LogP contribution in [0, 0.1) is 5.82 Å². The van der Waals surface area contributed by atoms with E-state index in [1.807, 2.05) is 0 Å². The van der Waals surface area contributed by atoms with Gasteiger partial charge in [0, 0.05) is 6.20 Å². The molecule has 2 nitrogen and oxygen atoms in total. The predicted molar refractivity (Wildman–Crippen MR) is 37.2 cm³/mol. The first-order valence-corrected chi connectivity index (χ1v) is 3.34. The molecule has 1 aromatic rings. The first-order valence-electron chi connectivity index (χ1n) is 3.34. The van der Waals surface area contributed by atoms with E-state index in [0.29, 0.717) is 6.07 Å². The summed E-state index contributed by atoms with van der Waals surface area (Å²) in [6, 6.07) is -1.47. The average Bonchev–Trinajstić information content (AvgIpc) is 2.01. The number of nitrogens with two attached hydrogens (primary N) is 1. The Bertz CT molecular complexity index is 297. The Morgan fingerprint density at radius 3 is 2.38 bits per heavy atom. The highest BCUT2D eigenvalue weighted by atomic mass is 19.4. The Morgan fingerprint density at radius 2 is 1.92 bits per heavy atom. The van der Waals surface area contributed by atoms with Crippen LogP contribution < -0.4 is 5.73 Å². The molecule has 1 atom stereocenters. The molecule has 2 N–H and O–H groups in total. The zero-order chi connectivity index (χ0) is 10.1. The Morgan fingerprint density at radius 1 is 1.31 bits per heavy atom. The Balaban J connectivity index is 2.96. The number of pyridine rings is 1. The number of halogens is 4. The standard InChI is InChI=1S/C7H6F4N2/c8-5-1-4(2-13-3-5)6(12)7(9,10)11/h1-3,6H,12H2/t6-/m1/s1. The van der Waals surface area contributed by atoms with Crippen molar-refractivity contribution in [1.82, 2.24) is 4.98 Å². The summed E-state index contributed by atoms with van der Waals surface area (Å²) in [7, 11) is 0. The van der Waals surface area contributed by atoms with E-state index >= 15 is 0 Å². The molecule has 1 heterocycles. The summed E-state index contributed by atoms with van der Waals surface area (Å²) in [6.07, 6.45) is -2.87. The molecule has 0 aliphatic heterocycles. The van der Waals surface area contributed by atoms with Crippen LogP contribution in [0.4, 0.5) is 17.6 Å². The molecule has 0 aliphatic rings. The molecule has 0 radical (unpaired) electrons. The fourth-order valence-electron chi connectivity index (χ4n) is 0.787. The first-order chi connectivity index (χ1) is 5.91. The van der Waals surface area contributed by atoms with Crippen molar-refractivity contribution in [1.29, 1.82) is 0 Å². The molecule has 0 saturated heterocycles. The molecule has 0 fully saturated rings. The minimum Gasteiger partial charge on any atom is -0.316 e. The predicted octanol–water partition coefficient (Wildman–Crippen LogP) is 1.78. The highest BCUT2D eigenvalue weighted by Crippen LogP contribution is 2.29. The lowest BCUT2D eigenvalue weighted by Gasteiger charge is -2.14. The summed E-state index contributed by atoms with van der Waals surface area (Å²) in [5.74, 6) is -0.836. The second kappa shape index (κ2) is 3.29. The van der Waals surface area contributed by atoms with Gasteiger partial charge in [-0.2, -0.15) is 13.2 Å². The number of nitrogens with zero attached hydrogens (tertiary/aromatic N) is 1. The molecule has 0 saturated carbocycles. The third-order valence-electron chi connectivity index (χ3n) is 1.44. The van der Waals surface area contributed by atoms with E-state index in [-0.39, 0.29) is 5.56 Å². The summed E-state index contributed by atoms with van der Waals surface area (Å²) in [6.45, 7) is 0. The van der Waals surface area contributed by atoms with Crippen LogP contribution in [0.5, 0.6) is 0 Å². The maximum Gasteiger partial charge on any atom is 0.407 e. The number of aromatic nitrogens is 1. The van der Waals surface area contributed by atoms with Gasteiger partial charge in [-0.15, -0.1) is 0 Å². The van der Waals surface area contributed by atoms with Crippen molar-refractivity contribution in [2.24, 2.45) is 5.73 Å². The van der Waals surface area contributed by atoms with Crippen molar-refractivity contribution < 1.29 is 17.6 Å². The second-order valence-electron chi connectivity index (χ2n) is 2.46. The van der Waals surface area contributed by atoms with Gasteiger partial charge in [0.05, 0.1) is 6.20 Å². The number of alkyl halides is 3. The number of hydrogen-bond donors (Lipinski definition) is 1. The molecule has 0 amide bonds. The highest BCUT2D eigenvalue weighted by Gasteiger charge is 2.38. The van der Waals surface area contributed by atoms with Crippen molar-refractivity contribution >= 4 is 0 Å². The molecule has 0 spiro atoms. The van der Waals surface area contributed by atoms with Gasteiger partial charge in [0.2, 0.25) is 0 Å². The monoisotopic (exact) mass is 194 g/mol. The summed E-state index contributed by atoms with van der Waals surface area (Å²) >= 11 is 0. The van der Waals surface area contributed by atoms with Gasteiger partial charge in [-0.05, 0) is 11.6 Å². The highest BCUT2D eigenvalue weighted by molar-refractivity contribution is 5.16. The van der Waals surface area contributed by atoms with Gasteiger partial charge in [0.15, 0.2) is 0 Å². The zero-order valence-corrected chi connectivity index (χ0v) is 6.35. The van der Waals surface area contributed by atoms with Gasteiger partial charge in [0.25, 0.3) is 0 Å². The summed E-state index contributed by atoms with van der Waals surface area (Å²) in [4.78, 5) is 3.26. The minimum absolute atomic E-state index is 0.382. The van der Waals surface area contributed by atoms with Crippen LogP contribution >= 0.6 is 0 Å². The van der Waals surface area contributed by atoms with Gasteiger partial charge < -0.3 is 5.73 Å². The molecule has 0 aromatic carbocycles. The topological polar surface area (TPSA) is 38.9 Å². The molecule has 6 heteroatoms. The quantitative estimate of drug-likeness (QED) is 0.692. The third-order valence-corrected chi connectivity index (χ3v) is 1.44. The van der Waals surface area contributed by atoms with Gasteiger partial charge in [-0.25, -0.2) is 4.39 Å². The second-order valence-corrected chi connectivity index (χ2v) is 2.46. The summed E-state index contributed by atoms with van der Waals surface area (Å²) < 4.78 is 48.4. The average molecular weight is 194 g/mol. The van der Waals surface area contributed by atoms with Crippen molar-refractivity contribution in [3.8, 4) is 0 Å². The molecule has 0 aliphatic carbocycles. The Labute approximate surface area is 71.4 Å². The van der Waals surface area contributed by atoms with Crippen LogP contribution in [0.25, 0.3) is 0 Å². The Kier molecular flexibility index (Phi) is 2.51. The van der Waals surface area contributed by atoms with Crippen LogP contribution in [0.1, 0.15) is 11.6 Å². The summed E-state index contributed by atoms with van der Waals surface area (Å²) in [5.41, 5.74) is 4.43. The molecule has 72 valence electrons. The van der Waals surface area contributed by atoms with E-state index in [9.17, 15) is 17.6 Å². The molecular weight excluding hydrogens is 188 g/mol. The van der Waals surface area contributed by atoms with Crippen molar-refractivity contribution in [2.45, 2.75) is 12.2 Å². The van der Waals surface area contributed by atoms with E-state index in [0.717, 1.165) is 12.4 Å². The van der Waals surface area contributed by atoms with Crippen molar-refractivity contribution in [2.75, 3.05) is 0 Å². The minimum atomic E-state index is -4.57. The van der Waals surface area contributed by atoms with E-state index in [1.54, 1.807) is 0 Å². The van der Waals surface area contributed by atoms with Gasteiger partial charge in [-0.1, -0.05) is 0 Å². The number of rotatable bonds is 1. The molecule has 1 aromatic heterocycles. The van der Waals surface area contributed by atoms with Gasteiger partial charge >= 0.3 is 6.18 Å². The molecule has 1 rings (SSSR count). The third kappa shape index (κ3) is 2.38. The molecule has 13 heavy (non-hydrogen) atoms. The lowest BCUT2D eigenvalue weighted by atomic mass is 10.1. The SMILES string of the molecule is N[C@H](c1cncc(F)c1)C(F)(F)F. The molecular formula is C7H6F4N2. The van der Waals surface area contributed by atoms with Gasteiger partial charge in [0.1, 0.15) is 11.9 Å². The normalized spacial score (nSPS) is 14.2. The number of hydrogen-bond acceptors (Lipinski definition) is 2. The van der Waals surface area contributed by atoms with Crippen molar-refractivity contribution in [3.05, 3.63) is 29.8 Å². The lowest BCUT2D eigenvalue weighted by Crippen LogP contribution is -2.28. The molecule has 0 unspecified atom stereocenters. The zero-order valence-electron chi connectivity index (χ0n) is 6.35. The smallest absolute Gasteiger partial charge is 0.316 e. The van der Waals surface area contributed by atoms with Crippen LogP contribution in [-0.2, 0) is 0 Å². The Hall–Kier alpha value is -1.17. The van der Waals surface area contributed by atoms with Crippen LogP contribution in [0.2, 0.25) is 0 Å². The maximum absolute atomic E-state index is 12.4. The van der Waals surface area contributed by atoms with Crippen LogP contribution in [0.3, 0.4) is 0 Å². The summed E-state index contributed by atoms with van der Waals surface area (Å²) in [5, 5.41) is 0. The van der Waals surface area contributed by atoms with Crippen molar-refractivity contribution in [3.63, 3.8) is 0 Å². The largest absolute Gasteiger partial charge is 0.407 e. The van der Waals surface area contributed by atoms with E-state index < -0.39 is 18.0 Å². The maximum atomic E-state index is 12.4. The fourth-order valence-corrected chi connectivity index (χ4v) is 0.787.